The highest BCUT2D eigenvalue weighted by atomic mass is 19.4. The molecule has 1 rings (SSSR count). The fourth-order valence-corrected chi connectivity index (χ4v) is 1.62. The van der Waals surface area contributed by atoms with E-state index in [0.717, 1.165) is 10.5 Å². The SMILES string of the molecule is Cc1ccc(C#N)c(N(CCO)CC(F)(F)F)c1. The molecule has 0 unspecified atom stereocenters. The van der Waals surface area contributed by atoms with Gasteiger partial charge >= 0.3 is 6.18 Å². The Bertz CT molecular complexity index is 452. The highest BCUT2D eigenvalue weighted by Gasteiger charge is 2.31. The third-order valence-corrected chi connectivity index (χ3v) is 2.35. The Morgan fingerprint density at radius 3 is 2.56 bits per heavy atom. The first kappa shape index (κ1) is 14.3. The average Bonchev–Trinajstić information content (AvgIpc) is 2.26. The van der Waals surface area contributed by atoms with Gasteiger partial charge < -0.3 is 10.0 Å². The van der Waals surface area contributed by atoms with Crippen LogP contribution in [-0.2, 0) is 0 Å². The van der Waals surface area contributed by atoms with Crippen molar-refractivity contribution in [1.29, 1.82) is 5.26 Å². The van der Waals surface area contributed by atoms with Gasteiger partial charge in [-0.3, -0.25) is 0 Å². The van der Waals surface area contributed by atoms with Gasteiger partial charge in [-0.1, -0.05) is 6.07 Å². The maximum absolute atomic E-state index is 12.4. The zero-order valence-electron chi connectivity index (χ0n) is 9.83. The molecule has 98 valence electrons. The number of halogens is 3. The van der Waals surface area contributed by atoms with Crippen LogP contribution in [0.2, 0.25) is 0 Å². The fourth-order valence-electron chi connectivity index (χ4n) is 1.62. The Morgan fingerprint density at radius 2 is 2.06 bits per heavy atom. The monoisotopic (exact) mass is 258 g/mol. The molecule has 1 N–H and O–H groups in total. The molecule has 0 aliphatic heterocycles. The number of nitrogens with zero attached hydrogens (tertiary/aromatic N) is 2. The lowest BCUT2D eigenvalue weighted by Gasteiger charge is -2.26. The fraction of sp³-hybridized carbons (Fsp3) is 0.417. The Balaban J connectivity index is 3.12. The molecule has 0 bridgehead atoms. The van der Waals surface area contributed by atoms with Gasteiger partial charge in [0, 0.05) is 6.54 Å². The van der Waals surface area contributed by atoms with Gasteiger partial charge in [0.25, 0.3) is 0 Å². The smallest absolute Gasteiger partial charge is 0.395 e. The molecule has 3 nitrogen and oxygen atoms in total. The maximum Gasteiger partial charge on any atom is 0.405 e. The van der Waals surface area contributed by atoms with Crippen LogP contribution in [0, 0.1) is 18.3 Å². The Morgan fingerprint density at radius 1 is 1.39 bits per heavy atom. The van der Waals surface area contributed by atoms with Crippen molar-refractivity contribution >= 4 is 5.69 Å². The second-order valence-electron chi connectivity index (χ2n) is 3.89. The van der Waals surface area contributed by atoms with Crippen LogP contribution in [-0.4, -0.2) is 31.0 Å². The molecule has 1 aromatic carbocycles. The summed E-state index contributed by atoms with van der Waals surface area (Å²) in [7, 11) is 0. The van der Waals surface area contributed by atoms with Crippen LogP contribution >= 0.6 is 0 Å². The van der Waals surface area contributed by atoms with E-state index in [1.165, 1.54) is 12.1 Å². The summed E-state index contributed by atoms with van der Waals surface area (Å²) < 4.78 is 37.3. The lowest BCUT2D eigenvalue weighted by molar-refractivity contribution is -0.119. The first-order valence-corrected chi connectivity index (χ1v) is 5.30. The third kappa shape index (κ3) is 3.93. The highest BCUT2D eigenvalue weighted by molar-refractivity contribution is 5.60. The number of aliphatic hydroxyl groups is 1. The van der Waals surface area contributed by atoms with Crippen LogP contribution in [0.3, 0.4) is 0 Å². The molecule has 0 fully saturated rings. The van der Waals surface area contributed by atoms with E-state index >= 15 is 0 Å². The largest absolute Gasteiger partial charge is 0.405 e. The topological polar surface area (TPSA) is 47.3 Å². The number of aliphatic hydroxyl groups excluding tert-OH is 1. The maximum atomic E-state index is 12.4. The summed E-state index contributed by atoms with van der Waals surface area (Å²) >= 11 is 0. The molecular weight excluding hydrogens is 245 g/mol. The van der Waals surface area contributed by atoms with E-state index in [2.05, 4.69) is 0 Å². The second-order valence-corrected chi connectivity index (χ2v) is 3.89. The van der Waals surface area contributed by atoms with Gasteiger partial charge in [-0.05, 0) is 24.6 Å². The van der Waals surface area contributed by atoms with Gasteiger partial charge in [-0.25, -0.2) is 0 Å². The van der Waals surface area contributed by atoms with Crippen molar-refractivity contribution in [2.24, 2.45) is 0 Å². The molecule has 0 saturated heterocycles. The van der Waals surface area contributed by atoms with Crippen LogP contribution in [0.4, 0.5) is 18.9 Å². The van der Waals surface area contributed by atoms with Crippen molar-refractivity contribution in [3.05, 3.63) is 29.3 Å². The predicted octanol–water partition coefficient (Wildman–Crippen LogP) is 2.23. The molecule has 1 aromatic rings. The number of alkyl halides is 3. The van der Waals surface area contributed by atoms with Crippen molar-refractivity contribution in [1.82, 2.24) is 0 Å². The number of nitriles is 1. The van der Waals surface area contributed by atoms with E-state index in [9.17, 15) is 13.2 Å². The van der Waals surface area contributed by atoms with Gasteiger partial charge in [0.05, 0.1) is 17.9 Å². The van der Waals surface area contributed by atoms with E-state index in [4.69, 9.17) is 10.4 Å². The number of hydrogen-bond acceptors (Lipinski definition) is 3. The second kappa shape index (κ2) is 5.74. The van der Waals surface area contributed by atoms with Crippen molar-refractivity contribution < 1.29 is 18.3 Å². The first-order chi connectivity index (χ1) is 8.37. The van der Waals surface area contributed by atoms with Crippen LogP contribution in [0.5, 0.6) is 0 Å². The van der Waals surface area contributed by atoms with E-state index in [1.807, 2.05) is 6.07 Å². The summed E-state index contributed by atoms with van der Waals surface area (Å²) in [5, 5.41) is 17.7. The molecule has 0 aliphatic carbocycles. The van der Waals surface area contributed by atoms with Crippen LogP contribution in [0.1, 0.15) is 11.1 Å². The Hall–Kier alpha value is -1.74. The van der Waals surface area contributed by atoms with Gasteiger partial charge in [-0.2, -0.15) is 18.4 Å². The van der Waals surface area contributed by atoms with Gasteiger partial charge in [0.2, 0.25) is 0 Å². The molecule has 18 heavy (non-hydrogen) atoms. The Kier molecular flexibility index (Phi) is 4.56. The summed E-state index contributed by atoms with van der Waals surface area (Å²) in [6, 6.07) is 6.51. The molecule has 0 aromatic heterocycles. The molecule has 0 radical (unpaired) electrons. The lowest BCUT2D eigenvalue weighted by atomic mass is 10.1. The number of benzene rings is 1. The number of hydrogen-bond donors (Lipinski definition) is 1. The van der Waals surface area contributed by atoms with Crippen molar-refractivity contribution in [2.75, 3.05) is 24.6 Å². The normalized spacial score (nSPS) is 11.1. The zero-order valence-corrected chi connectivity index (χ0v) is 9.83. The standard InChI is InChI=1S/C12H13F3N2O/c1-9-2-3-10(7-16)11(6-9)17(4-5-18)8-12(13,14)15/h2-3,6,18H,4-5,8H2,1H3. The molecule has 0 saturated carbocycles. The zero-order chi connectivity index (χ0) is 13.8. The number of anilines is 1. The molecular formula is C12H13F3N2O. The van der Waals surface area contributed by atoms with E-state index in [1.54, 1.807) is 13.0 Å². The summed E-state index contributed by atoms with van der Waals surface area (Å²) in [6.45, 7) is -0.0341. The quantitative estimate of drug-likeness (QED) is 0.900. The van der Waals surface area contributed by atoms with E-state index in [-0.39, 0.29) is 17.8 Å². The van der Waals surface area contributed by atoms with E-state index in [0.29, 0.717) is 0 Å². The Labute approximate surface area is 103 Å². The predicted molar refractivity (Wildman–Crippen MR) is 61.2 cm³/mol. The molecule has 6 heteroatoms. The average molecular weight is 258 g/mol. The number of aryl methyl sites for hydroxylation is 1. The van der Waals surface area contributed by atoms with Crippen molar-refractivity contribution in [2.45, 2.75) is 13.1 Å². The molecule has 0 heterocycles. The minimum Gasteiger partial charge on any atom is -0.395 e. The first-order valence-electron chi connectivity index (χ1n) is 5.30. The minimum atomic E-state index is -4.38. The summed E-state index contributed by atoms with van der Waals surface area (Å²) in [5.41, 5.74) is 1.12. The third-order valence-electron chi connectivity index (χ3n) is 2.35. The summed E-state index contributed by atoms with van der Waals surface area (Å²) in [4.78, 5) is 0.964. The van der Waals surface area contributed by atoms with Crippen LogP contribution < -0.4 is 4.90 Å². The summed E-state index contributed by atoms with van der Waals surface area (Å²) in [5.74, 6) is 0. The molecule has 0 atom stereocenters. The van der Waals surface area contributed by atoms with Gasteiger partial charge in [-0.15, -0.1) is 0 Å². The summed E-state index contributed by atoms with van der Waals surface area (Å²) in [6.07, 6.45) is -4.38. The molecule has 0 spiro atoms. The molecule has 0 amide bonds. The molecule has 0 aliphatic rings. The van der Waals surface area contributed by atoms with Crippen LogP contribution in [0.15, 0.2) is 18.2 Å². The lowest BCUT2D eigenvalue weighted by Crippen LogP contribution is -2.36. The van der Waals surface area contributed by atoms with Crippen molar-refractivity contribution in [3.8, 4) is 6.07 Å². The van der Waals surface area contributed by atoms with Gasteiger partial charge in [0.15, 0.2) is 0 Å². The highest BCUT2D eigenvalue weighted by Crippen LogP contribution is 2.25. The van der Waals surface area contributed by atoms with Gasteiger partial charge in [0.1, 0.15) is 12.6 Å². The van der Waals surface area contributed by atoms with E-state index < -0.39 is 19.3 Å². The van der Waals surface area contributed by atoms with Crippen molar-refractivity contribution in [3.63, 3.8) is 0 Å². The minimum absolute atomic E-state index is 0.165. The number of rotatable bonds is 4. The van der Waals surface area contributed by atoms with Crippen LogP contribution in [0.25, 0.3) is 0 Å².